The Morgan fingerprint density at radius 2 is 1.83 bits per heavy atom. The summed E-state index contributed by atoms with van der Waals surface area (Å²) in [5, 5.41) is 21.4. The first-order valence-electron chi connectivity index (χ1n) is 6.83. The van der Waals surface area contributed by atoms with E-state index in [0.29, 0.717) is 10.1 Å². The number of rotatable bonds is 3. The van der Waals surface area contributed by atoms with Crippen molar-refractivity contribution < 1.29 is 4.39 Å². The van der Waals surface area contributed by atoms with Gasteiger partial charge in [-0.05, 0) is 59.3 Å². The first-order chi connectivity index (χ1) is 11.1. The Kier molecular flexibility index (Phi) is 4.08. The number of aryl methyl sites for hydroxylation is 2. The molecule has 0 bridgehead atoms. The van der Waals surface area contributed by atoms with Crippen molar-refractivity contribution in [1.29, 1.82) is 5.26 Å². The molecule has 7 heteroatoms. The molecule has 0 atom stereocenters. The SMILES string of the molecule is Cc1cccc(C)c1-n1nnnc1Sc1cccc(F)c1C#N. The minimum atomic E-state index is -0.552. The van der Waals surface area contributed by atoms with Crippen molar-refractivity contribution in [3.63, 3.8) is 0 Å². The third-order valence-corrected chi connectivity index (χ3v) is 4.38. The van der Waals surface area contributed by atoms with Crippen molar-refractivity contribution in [2.75, 3.05) is 0 Å². The molecule has 1 heterocycles. The quantitative estimate of drug-likeness (QED) is 0.738. The topological polar surface area (TPSA) is 67.4 Å². The lowest BCUT2D eigenvalue weighted by molar-refractivity contribution is 0.619. The summed E-state index contributed by atoms with van der Waals surface area (Å²) < 4.78 is 15.3. The molecule has 0 radical (unpaired) electrons. The zero-order chi connectivity index (χ0) is 16.4. The van der Waals surface area contributed by atoms with Gasteiger partial charge in [-0.1, -0.05) is 24.3 Å². The number of nitrogens with zero attached hydrogens (tertiary/aromatic N) is 5. The van der Waals surface area contributed by atoms with Crippen LogP contribution in [-0.2, 0) is 0 Å². The molecule has 0 spiro atoms. The Morgan fingerprint density at radius 1 is 1.13 bits per heavy atom. The van der Waals surface area contributed by atoms with Crippen molar-refractivity contribution >= 4 is 11.8 Å². The van der Waals surface area contributed by atoms with Crippen LogP contribution in [0.5, 0.6) is 0 Å². The molecular weight excluding hydrogens is 313 g/mol. The molecule has 0 unspecified atom stereocenters. The molecule has 1 aromatic heterocycles. The summed E-state index contributed by atoms with van der Waals surface area (Å²) in [5.41, 5.74) is 2.93. The van der Waals surface area contributed by atoms with E-state index in [1.54, 1.807) is 16.8 Å². The van der Waals surface area contributed by atoms with Crippen LogP contribution in [0.15, 0.2) is 46.5 Å². The summed E-state index contributed by atoms with van der Waals surface area (Å²) in [7, 11) is 0. The zero-order valence-corrected chi connectivity index (χ0v) is 13.3. The second kappa shape index (κ2) is 6.18. The third kappa shape index (κ3) is 2.81. The zero-order valence-electron chi connectivity index (χ0n) is 12.5. The third-order valence-electron chi connectivity index (χ3n) is 3.38. The lowest BCUT2D eigenvalue weighted by Crippen LogP contribution is -2.04. The molecule has 0 aliphatic carbocycles. The van der Waals surface area contributed by atoms with E-state index < -0.39 is 5.82 Å². The van der Waals surface area contributed by atoms with Crippen LogP contribution in [0, 0.1) is 31.0 Å². The van der Waals surface area contributed by atoms with Crippen LogP contribution >= 0.6 is 11.8 Å². The van der Waals surface area contributed by atoms with Crippen molar-refractivity contribution in [2.45, 2.75) is 23.9 Å². The average Bonchev–Trinajstić information content (AvgIpc) is 2.95. The van der Waals surface area contributed by atoms with E-state index in [2.05, 4.69) is 15.5 Å². The summed E-state index contributed by atoms with van der Waals surface area (Å²) in [5.74, 6) is -0.552. The molecule has 0 aliphatic rings. The predicted molar refractivity (Wildman–Crippen MR) is 83.9 cm³/mol. The summed E-state index contributed by atoms with van der Waals surface area (Å²) in [6.45, 7) is 3.95. The van der Waals surface area contributed by atoms with E-state index in [-0.39, 0.29) is 5.56 Å². The number of aromatic nitrogens is 4. The minimum absolute atomic E-state index is 0.00597. The fourth-order valence-electron chi connectivity index (χ4n) is 2.32. The van der Waals surface area contributed by atoms with E-state index in [4.69, 9.17) is 5.26 Å². The van der Waals surface area contributed by atoms with Gasteiger partial charge >= 0.3 is 0 Å². The average molecular weight is 325 g/mol. The van der Waals surface area contributed by atoms with Gasteiger partial charge in [-0.3, -0.25) is 0 Å². The van der Waals surface area contributed by atoms with Gasteiger partial charge in [-0.2, -0.15) is 9.94 Å². The number of halogens is 1. The van der Waals surface area contributed by atoms with Gasteiger partial charge in [0.1, 0.15) is 17.4 Å². The second-order valence-electron chi connectivity index (χ2n) is 4.94. The number of nitriles is 1. The summed E-state index contributed by atoms with van der Waals surface area (Å²) in [6, 6.07) is 12.3. The van der Waals surface area contributed by atoms with Gasteiger partial charge in [0.25, 0.3) is 0 Å². The molecule has 2 aromatic carbocycles. The Balaban J connectivity index is 2.07. The van der Waals surface area contributed by atoms with Crippen LogP contribution in [-0.4, -0.2) is 20.2 Å². The fraction of sp³-hybridized carbons (Fsp3) is 0.125. The number of hydrogen-bond acceptors (Lipinski definition) is 5. The Bertz CT molecular complexity index is 893. The Hall–Kier alpha value is -2.72. The van der Waals surface area contributed by atoms with Gasteiger partial charge in [0.15, 0.2) is 0 Å². The standard InChI is InChI=1S/C16H12FN5S/c1-10-5-3-6-11(2)15(10)22-16(19-20-21-22)23-14-8-4-7-13(17)12(14)9-18/h3-8H,1-2H3. The lowest BCUT2D eigenvalue weighted by atomic mass is 10.1. The van der Waals surface area contributed by atoms with Crippen LogP contribution in [0.3, 0.4) is 0 Å². The highest BCUT2D eigenvalue weighted by molar-refractivity contribution is 7.99. The van der Waals surface area contributed by atoms with Crippen LogP contribution in [0.2, 0.25) is 0 Å². The molecule has 114 valence electrons. The lowest BCUT2D eigenvalue weighted by Gasteiger charge is -2.11. The van der Waals surface area contributed by atoms with Crippen LogP contribution in [0.4, 0.5) is 4.39 Å². The first-order valence-corrected chi connectivity index (χ1v) is 7.65. The largest absolute Gasteiger partial charge is 0.218 e. The molecule has 23 heavy (non-hydrogen) atoms. The molecule has 0 fully saturated rings. The van der Waals surface area contributed by atoms with Crippen LogP contribution in [0.25, 0.3) is 5.69 Å². The molecule has 5 nitrogen and oxygen atoms in total. The van der Waals surface area contributed by atoms with E-state index in [9.17, 15) is 4.39 Å². The minimum Gasteiger partial charge on any atom is -0.206 e. The van der Waals surface area contributed by atoms with Crippen LogP contribution in [0.1, 0.15) is 16.7 Å². The number of para-hydroxylation sites is 1. The predicted octanol–water partition coefficient (Wildman–Crippen LogP) is 3.44. The highest BCUT2D eigenvalue weighted by atomic mass is 32.2. The monoisotopic (exact) mass is 325 g/mol. The van der Waals surface area contributed by atoms with E-state index in [0.717, 1.165) is 28.6 Å². The van der Waals surface area contributed by atoms with E-state index in [1.807, 2.05) is 38.1 Å². The van der Waals surface area contributed by atoms with Crippen molar-refractivity contribution in [3.8, 4) is 11.8 Å². The molecule has 0 amide bonds. The van der Waals surface area contributed by atoms with Crippen molar-refractivity contribution in [1.82, 2.24) is 20.2 Å². The maximum Gasteiger partial charge on any atom is 0.218 e. The van der Waals surface area contributed by atoms with Gasteiger partial charge in [-0.25, -0.2) is 4.39 Å². The molecule has 0 aliphatic heterocycles. The van der Waals surface area contributed by atoms with E-state index >= 15 is 0 Å². The smallest absolute Gasteiger partial charge is 0.206 e. The van der Waals surface area contributed by atoms with E-state index in [1.165, 1.54) is 6.07 Å². The molecule has 0 saturated heterocycles. The highest BCUT2D eigenvalue weighted by Crippen LogP contribution is 2.31. The van der Waals surface area contributed by atoms with Gasteiger partial charge in [-0.15, -0.1) is 5.10 Å². The molecule has 3 rings (SSSR count). The molecular formula is C16H12FN5S. The Labute approximate surface area is 136 Å². The van der Waals surface area contributed by atoms with Crippen molar-refractivity contribution in [3.05, 3.63) is 58.9 Å². The normalized spacial score (nSPS) is 10.5. The van der Waals surface area contributed by atoms with Crippen molar-refractivity contribution in [2.24, 2.45) is 0 Å². The molecule has 0 N–H and O–H groups in total. The summed E-state index contributed by atoms with van der Waals surface area (Å²) >= 11 is 1.16. The van der Waals surface area contributed by atoms with Crippen LogP contribution < -0.4 is 0 Å². The van der Waals surface area contributed by atoms with Gasteiger partial charge < -0.3 is 0 Å². The molecule has 3 aromatic rings. The maximum absolute atomic E-state index is 13.7. The number of benzene rings is 2. The van der Waals surface area contributed by atoms with Gasteiger partial charge in [0, 0.05) is 4.90 Å². The summed E-state index contributed by atoms with van der Waals surface area (Å²) in [6.07, 6.45) is 0. The maximum atomic E-state index is 13.7. The Morgan fingerprint density at radius 3 is 2.52 bits per heavy atom. The van der Waals surface area contributed by atoms with Gasteiger partial charge in [0.2, 0.25) is 5.16 Å². The number of tetrazole rings is 1. The first kappa shape index (κ1) is 15.2. The summed E-state index contributed by atoms with van der Waals surface area (Å²) in [4.78, 5) is 0.481. The molecule has 0 saturated carbocycles. The fourth-order valence-corrected chi connectivity index (χ4v) is 3.20. The number of hydrogen-bond donors (Lipinski definition) is 0. The second-order valence-corrected chi connectivity index (χ2v) is 5.95. The van der Waals surface area contributed by atoms with Gasteiger partial charge in [0.05, 0.1) is 5.69 Å². The highest BCUT2D eigenvalue weighted by Gasteiger charge is 2.17.